The molecule has 31 heavy (non-hydrogen) atoms. The van der Waals surface area contributed by atoms with Gasteiger partial charge in [-0.1, -0.05) is 36.4 Å². The van der Waals surface area contributed by atoms with Crippen LogP contribution in [-0.2, 0) is 4.79 Å². The summed E-state index contributed by atoms with van der Waals surface area (Å²) in [4.78, 5) is 29.8. The van der Waals surface area contributed by atoms with Crippen LogP contribution < -0.4 is 14.5 Å². The monoisotopic (exact) mass is 414 g/mol. The SMILES string of the molecule is COc1ccc(N(C(C)=O)[C@@H]2C[C@H](C)N(C(=O)c3ccccc3)c3ccccc32)cc1. The maximum Gasteiger partial charge on any atom is 0.258 e. The summed E-state index contributed by atoms with van der Waals surface area (Å²) in [5.41, 5.74) is 3.28. The van der Waals surface area contributed by atoms with E-state index in [0.29, 0.717) is 12.0 Å². The summed E-state index contributed by atoms with van der Waals surface area (Å²) in [6.45, 7) is 3.62. The zero-order valence-corrected chi connectivity index (χ0v) is 18.0. The van der Waals surface area contributed by atoms with Gasteiger partial charge in [-0.2, -0.15) is 0 Å². The maximum atomic E-state index is 13.4. The van der Waals surface area contributed by atoms with E-state index < -0.39 is 0 Å². The number of rotatable bonds is 4. The number of anilines is 2. The third-order valence-electron chi connectivity index (χ3n) is 5.80. The second-order valence-corrected chi connectivity index (χ2v) is 7.79. The van der Waals surface area contributed by atoms with Crippen molar-refractivity contribution in [3.8, 4) is 5.75 Å². The average molecular weight is 415 g/mol. The molecule has 4 rings (SSSR count). The Balaban J connectivity index is 1.76. The molecular weight excluding hydrogens is 388 g/mol. The van der Waals surface area contributed by atoms with E-state index in [9.17, 15) is 9.59 Å². The Labute approximate surface area is 182 Å². The summed E-state index contributed by atoms with van der Waals surface area (Å²) < 4.78 is 5.26. The largest absolute Gasteiger partial charge is 0.497 e. The van der Waals surface area contributed by atoms with Gasteiger partial charge in [0.2, 0.25) is 5.91 Å². The molecule has 5 nitrogen and oxygen atoms in total. The van der Waals surface area contributed by atoms with Crippen molar-refractivity contribution in [3.05, 3.63) is 90.0 Å². The van der Waals surface area contributed by atoms with Crippen LogP contribution in [0, 0.1) is 0 Å². The van der Waals surface area contributed by atoms with Gasteiger partial charge in [0.25, 0.3) is 5.91 Å². The summed E-state index contributed by atoms with van der Waals surface area (Å²) in [5, 5.41) is 0. The van der Waals surface area contributed by atoms with Crippen LogP contribution in [0.5, 0.6) is 5.75 Å². The van der Waals surface area contributed by atoms with Crippen molar-refractivity contribution >= 4 is 23.2 Å². The number of hydrogen-bond acceptors (Lipinski definition) is 3. The minimum Gasteiger partial charge on any atom is -0.497 e. The number of carbonyl (C=O) groups excluding carboxylic acids is 2. The minimum atomic E-state index is -0.170. The first kappa shape index (κ1) is 20.7. The van der Waals surface area contributed by atoms with Gasteiger partial charge in [0.1, 0.15) is 5.75 Å². The van der Waals surface area contributed by atoms with Crippen molar-refractivity contribution in [1.29, 1.82) is 0 Å². The Bertz CT molecular complexity index is 1080. The molecule has 0 aromatic heterocycles. The lowest BCUT2D eigenvalue weighted by Gasteiger charge is -2.43. The molecule has 0 N–H and O–H groups in total. The molecule has 1 aliphatic heterocycles. The topological polar surface area (TPSA) is 49.9 Å². The van der Waals surface area contributed by atoms with Gasteiger partial charge in [-0.05, 0) is 61.4 Å². The molecule has 0 radical (unpaired) electrons. The van der Waals surface area contributed by atoms with E-state index in [1.807, 2.05) is 95.6 Å². The van der Waals surface area contributed by atoms with Gasteiger partial charge in [0.15, 0.2) is 0 Å². The molecule has 3 aromatic carbocycles. The quantitative estimate of drug-likeness (QED) is 0.587. The summed E-state index contributed by atoms with van der Waals surface area (Å²) in [5.74, 6) is 0.669. The smallest absolute Gasteiger partial charge is 0.258 e. The normalized spacial score (nSPS) is 17.6. The van der Waals surface area contributed by atoms with Gasteiger partial charge >= 0.3 is 0 Å². The number of ether oxygens (including phenoxy) is 1. The molecule has 0 unspecified atom stereocenters. The molecule has 0 fully saturated rings. The molecule has 0 bridgehead atoms. The van der Waals surface area contributed by atoms with Crippen LogP contribution in [0.3, 0.4) is 0 Å². The summed E-state index contributed by atoms with van der Waals surface area (Å²) >= 11 is 0. The number of carbonyl (C=O) groups is 2. The lowest BCUT2D eigenvalue weighted by molar-refractivity contribution is -0.117. The lowest BCUT2D eigenvalue weighted by atomic mass is 9.89. The number of nitrogens with zero attached hydrogens (tertiary/aromatic N) is 2. The molecule has 0 saturated heterocycles. The van der Waals surface area contributed by atoms with Crippen molar-refractivity contribution in [1.82, 2.24) is 0 Å². The standard InChI is InChI=1S/C26H26N2O3/c1-18-17-25(28(19(2)29)21-13-15-22(31-3)16-14-21)23-11-7-8-12-24(23)27(18)26(30)20-9-5-4-6-10-20/h4-16,18,25H,17H2,1-3H3/t18-,25+/m0/s1. The van der Waals surface area contributed by atoms with Gasteiger partial charge in [-0.3, -0.25) is 9.59 Å². The predicted molar refractivity (Wildman–Crippen MR) is 123 cm³/mol. The summed E-state index contributed by atoms with van der Waals surface area (Å²) in [6.07, 6.45) is 0.640. The van der Waals surface area contributed by atoms with E-state index in [1.54, 1.807) is 14.0 Å². The highest BCUT2D eigenvalue weighted by molar-refractivity contribution is 6.07. The molecule has 3 aromatic rings. The third kappa shape index (κ3) is 3.91. The zero-order valence-electron chi connectivity index (χ0n) is 18.0. The number of hydrogen-bond donors (Lipinski definition) is 0. The Morgan fingerprint density at radius 2 is 1.58 bits per heavy atom. The highest BCUT2D eigenvalue weighted by Gasteiger charge is 2.38. The van der Waals surface area contributed by atoms with Gasteiger partial charge < -0.3 is 14.5 Å². The van der Waals surface area contributed by atoms with Gasteiger partial charge in [0, 0.05) is 29.9 Å². The zero-order chi connectivity index (χ0) is 22.0. The van der Waals surface area contributed by atoms with E-state index in [-0.39, 0.29) is 23.9 Å². The number of benzene rings is 3. The van der Waals surface area contributed by atoms with E-state index in [4.69, 9.17) is 4.74 Å². The van der Waals surface area contributed by atoms with Crippen molar-refractivity contribution in [3.63, 3.8) is 0 Å². The highest BCUT2D eigenvalue weighted by Crippen LogP contribution is 2.42. The molecule has 1 aliphatic rings. The molecular formula is C26H26N2O3. The first-order chi connectivity index (χ1) is 15.0. The highest BCUT2D eigenvalue weighted by atomic mass is 16.5. The van der Waals surface area contributed by atoms with E-state index >= 15 is 0 Å². The average Bonchev–Trinajstić information content (AvgIpc) is 2.80. The molecule has 158 valence electrons. The fourth-order valence-electron chi connectivity index (χ4n) is 4.38. The van der Waals surface area contributed by atoms with Gasteiger partial charge in [-0.15, -0.1) is 0 Å². The molecule has 1 heterocycles. The molecule has 2 atom stereocenters. The van der Waals surface area contributed by atoms with E-state index in [2.05, 4.69) is 0 Å². The Hall–Kier alpha value is -3.60. The van der Waals surface area contributed by atoms with Crippen LogP contribution in [0.4, 0.5) is 11.4 Å². The van der Waals surface area contributed by atoms with Crippen LogP contribution in [0.25, 0.3) is 0 Å². The second kappa shape index (κ2) is 8.64. The number of methoxy groups -OCH3 is 1. The summed E-state index contributed by atoms with van der Waals surface area (Å²) in [6, 6.07) is 24.4. The van der Waals surface area contributed by atoms with E-state index in [0.717, 1.165) is 22.7 Å². The van der Waals surface area contributed by atoms with E-state index in [1.165, 1.54) is 0 Å². The van der Waals surface area contributed by atoms with Gasteiger partial charge in [0.05, 0.1) is 13.2 Å². The predicted octanol–water partition coefficient (Wildman–Crippen LogP) is 5.23. The Morgan fingerprint density at radius 3 is 2.23 bits per heavy atom. The van der Waals surface area contributed by atoms with Crippen molar-refractivity contribution in [2.75, 3.05) is 16.9 Å². The first-order valence-corrected chi connectivity index (χ1v) is 10.4. The number of amides is 2. The Morgan fingerprint density at radius 1 is 0.935 bits per heavy atom. The van der Waals surface area contributed by atoms with Crippen molar-refractivity contribution in [2.45, 2.75) is 32.4 Å². The van der Waals surface area contributed by atoms with Gasteiger partial charge in [-0.25, -0.2) is 0 Å². The fraction of sp³-hybridized carbons (Fsp3) is 0.231. The third-order valence-corrected chi connectivity index (χ3v) is 5.80. The molecule has 0 aliphatic carbocycles. The van der Waals surface area contributed by atoms with Crippen LogP contribution in [0.2, 0.25) is 0 Å². The van der Waals surface area contributed by atoms with Crippen molar-refractivity contribution < 1.29 is 14.3 Å². The van der Waals surface area contributed by atoms with Crippen LogP contribution in [0.15, 0.2) is 78.9 Å². The summed E-state index contributed by atoms with van der Waals surface area (Å²) in [7, 11) is 1.62. The Kier molecular flexibility index (Phi) is 5.76. The molecule has 2 amide bonds. The molecule has 0 spiro atoms. The first-order valence-electron chi connectivity index (χ1n) is 10.4. The lowest BCUT2D eigenvalue weighted by Crippen LogP contribution is -2.47. The molecule has 5 heteroatoms. The van der Waals surface area contributed by atoms with Crippen LogP contribution in [-0.4, -0.2) is 25.0 Å². The number of para-hydroxylation sites is 1. The second-order valence-electron chi connectivity index (χ2n) is 7.79. The van der Waals surface area contributed by atoms with Crippen LogP contribution in [0.1, 0.15) is 42.2 Å². The van der Waals surface area contributed by atoms with Crippen LogP contribution >= 0.6 is 0 Å². The number of fused-ring (bicyclic) bond motifs is 1. The molecule has 0 saturated carbocycles. The van der Waals surface area contributed by atoms with Crippen molar-refractivity contribution in [2.24, 2.45) is 0 Å². The minimum absolute atomic E-state index is 0.0298. The fourth-order valence-corrected chi connectivity index (χ4v) is 4.38. The maximum absolute atomic E-state index is 13.4.